The lowest BCUT2D eigenvalue weighted by Gasteiger charge is -2.31. The fourth-order valence-electron chi connectivity index (χ4n) is 1.88. The van der Waals surface area contributed by atoms with Crippen molar-refractivity contribution in [2.24, 2.45) is 7.05 Å². The number of hydrogen-bond donors (Lipinski definition) is 1. The van der Waals surface area contributed by atoms with Crippen LogP contribution in [0.5, 0.6) is 0 Å². The summed E-state index contributed by atoms with van der Waals surface area (Å²) in [6.07, 6.45) is 1.42. The van der Waals surface area contributed by atoms with E-state index in [9.17, 15) is 8.42 Å². The Morgan fingerprint density at radius 1 is 1.59 bits per heavy atom. The Morgan fingerprint density at radius 2 is 2.29 bits per heavy atom. The van der Waals surface area contributed by atoms with Crippen molar-refractivity contribution in [3.63, 3.8) is 0 Å². The first-order valence-corrected chi connectivity index (χ1v) is 6.75. The van der Waals surface area contributed by atoms with Crippen LogP contribution < -0.4 is 5.73 Å². The highest BCUT2D eigenvalue weighted by Gasteiger charge is 2.33. The van der Waals surface area contributed by atoms with Crippen LogP contribution in [0.2, 0.25) is 0 Å². The van der Waals surface area contributed by atoms with Gasteiger partial charge in [0, 0.05) is 25.8 Å². The molecule has 1 unspecified atom stereocenters. The molecule has 0 bridgehead atoms. The van der Waals surface area contributed by atoms with E-state index in [1.807, 2.05) is 6.92 Å². The smallest absolute Gasteiger partial charge is 0.248 e. The minimum atomic E-state index is -3.58. The molecule has 1 aromatic rings. The maximum atomic E-state index is 12.4. The Bertz CT molecular complexity index is 510. The molecule has 0 aliphatic carbocycles. The van der Waals surface area contributed by atoms with Gasteiger partial charge in [0.15, 0.2) is 5.82 Å². The van der Waals surface area contributed by atoms with E-state index in [1.165, 1.54) is 15.2 Å². The van der Waals surface area contributed by atoms with Crippen LogP contribution in [-0.2, 0) is 21.8 Å². The second-order valence-electron chi connectivity index (χ2n) is 4.09. The van der Waals surface area contributed by atoms with E-state index in [0.717, 1.165) is 0 Å². The molecule has 1 saturated heterocycles. The Hall–Kier alpha value is -1.12. The molecular weight excluding hydrogens is 244 g/mol. The second-order valence-corrected chi connectivity index (χ2v) is 5.95. The molecule has 2 heterocycles. The average molecular weight is 260 g/mol. The number of aryl methyl sites for hydroxylation is 1. The van der Waals surface area contributed by atoms with Crippen molar-refractivity contribution in [2.75, 3.05) is 25.5 Å². The molecule has 2 N–H and O–H groups in total. The van der Waals surface area contributed by atoms with E-state index in [-0.39, 0.29) is 16.8 Å². The molecule has 17 heavy (non-hydrogen) atoms. The Labute approximate surface area is 100 Å². The number of nitrogens with zero attached hydrogens (tertiary/aromatic N) is 3. The third kappa shape index (κ3) is 2.15. The van der Waals surface area contributed by atoms with Gasteiger partial charge in [0.05, 0.1) is 13.2 Å². The van der Waals surface area contributed by atoms with Gasteiger partial charge in [-0.3, -0.25) is 4.68 Å². The lowest BCUT2D eigenvalue weighted by atomic mass is 10.3. The molecule has 2 rings (SSSR count). The molecule has 1 fully saturated rings. The number of hydrogen-bond acceptors (Lipinski definition) is 5. The number of rotatable bonds is 2. The van der Waals surface area contributed by atoms with Gasteiger partial charge in [-0.1, -0.05) is 0 Å². The number of sulfonamides is 1. The maximum absolute atomic E-state index is 12.4. The third-order valence-corrected chi connectivity index (χ3v) is 4.75. The van der Waals surface area contributed by atoms with Crippen molar-refractivity contribution in [1.29, 1.82) is 0 Å². The molecule has 1 aromatic heterocycles. The molecule has 7 nitrogen and oxygen atoms in total. The number of anilines is 1. The van der Waals surface area contributed by atoms with E-state index < -0.39 is 10.0 Å². The summed E-state index contributed by atoms with van der Waals surface area (Å²) in [5.41, 5.74) is 5.61. The summed E-state index contributed by atoms with van der Waals surface area (Å²) in [4.78, 5) is 0.0637. The van der Waals surface area contributed by atoms with Crippen LogP contribution in [0.3, 0.4) is 0 Å². The van der Waals surface area contributed by atoms with Gasteiger partial charge >= 0.3 is 0 Å². The lowest BCUT2D eigenvalue weighted by Crippen LogP contribution is -2.47. The van der Waals surface area contributed by atoms with Crippen LogP contribution in [0.15, 0.2) is 11.1 Å². The van der Waals surface area contributed by atoms with Crippen LogP contribution in [0.25, 0.3) is 0 Å². The molecule has 1 aliphatic heterocycles. The summed E-state index contributed by atoms with van der Waals surface area (Å²) < 4.78 is 32.8. The molecule has 8 heteroatoms. The van der Waals surface area contributed by atoms with Crippen LogP contribution >= 0.6 is 0 Å². The number of nitrogen functional groups attached to an aromatic ring is 1. The summed E-state index contributed by atoms with van der Waals surface area (Å²) in [5.74, 6) is 0.0335. The Kier molecular flexibility index (Phi) is 3.11. The molecule has 96 valence electrons. The van der Waals surface area contributed by atoms with Crippen LogP contribution in [0, 0.1) is 0 Å². The quantitative estimate of drug-likeness (QED) is 0.767. The topological polar surface area (TPSA) is 90.5 Å². The molecule has 0 spiro atoms. The fourth-order valence-corrected chi connectivity index (χ4v) is 3.57. The van der Waals surface area contributed by atoms with E-state index in [1.54, 1.807) is 7.05 Å². The van der Waals surface area contributed by atoms with Crippen LogP contribution in [-0.4, -0.2) is 48.3 Å². The normalized spacial score (nSPS) is 22.8. The van der Waals surface area contributed by atoms with Crippen LogP contribution in [0.1, 0.15) is 6.92 Å². The number of aromatic nitrogens is 2. The average Bonchev–Trinajstić information content (AvgIpc) is 2.59. The lowest BCUT2D eigenvalue weighted by molar-refractivity contribution is 0.0393. The maximum Gasteiger partial charge on any atom is 0.248 e. The van der Waals surface area contributed by atoms with Gasteiger partial charge < -0.3 is 10.5 Å². The molecular formula is C9H16N4O3S. The molecule has 0 amide bonds. The van der Waals surface area contributed by atoms with Gasteiger partial charge in [0.25, 0.3) is 0 Å². The largest absolute Gasteiger partial charge is 0.381 e. The van der Waals surface area contributed by atoms with Crippen molar-refractivity contribution in [2.45, 2.75) is 17.9 Å². The highest BCUT2D eigenvalue weighted by atomic mass is 32.2. The van der Waals surface area contributed by atoms with Crippen molar-refractivity contribution in [1.82, 2.24) is 14.1 Å². The standard InChI is InChI=1S/C9H16N4O3S/c1-7-6-16-4-3-13(7)17(14,15)8-5-12(2)11-9(8)10/h5,7H,3-4,6H2,1-2H3,(H2,10,11). The summed E-state index contributed by atoms with van der Waals surface area (Å²) >= 11 is 0. The zero-order valence-corrected chi connectivity index (χ0v) is 10.6. The fraction of sp³-hybridized carbons (Fsp3) is 0.667. The monoisotopic (exact) mass is 260 g/mol. The SMILES string of the molecule is CC1COCCN1S(=O)(=O)c1cn(C)nc1N. The zero-order chi connectivity index (χ0) is 12.6. The van der Waals surface area contributed by atoms with Gasteiger partial charge in [0.2, 0.25) is 10.0 Å². The van der Waals surface area contributed by atoms with Crippen molar-refractivity contribution < 1.29 is 13.2 Å². The predicted octanol–water partition coefficient (Wildman–Crippen LogP) is -0.588. The van der Waals surface area contributed by atoms with Gasteiger partial charge in [0.1, 0.15) is 4.90 Å². The summed E-state index contributed by atoms with van der Waals surface area (Å²) in [7, 11) is -1.94. The van der Waals surface area contributed by atoms with E-state index in [0.29, 0.717) is 19.8 Å². The number of nitrogens with two attached hydrogens (primary N) is 1. The van der Waals surface area contributed by atoms with Gasteiger partial charge in [-0.15, -0.1) is 0 Å². The molecule has 0 saturated carbocycles. The number of ether oxygens (including phenoxy) is 1. The third-order valence-electron chi connectivity index (χ3n) is 2.72. The summed E-state index contributed by atoms with van der Waals surface area (Å²) in [6.45, 7) is 2.96. The molecule has 1 aliphatic rings. The zero-order valence-electron chi connectivity index (χ0n) is 9.83. The molecule has 1 atom stereocenters. The summed E-state index contributed by atoms with van der Waals surface area (Å²) in [5, 5.41) is 3.85. The first-order valence-electron chi connectivity index (χ1n) is 5.31. The second kappa shape index (κ2) is 4.28. The van der Waals surface area contributed by atoms with Crippen LogP contribution in [0.4, 0.5) is 5.82 Å². The number of morpholine rings is 1. The van der Waals surface area contributed by atoms with Crippen molar-refractivity contribution in [3.05, 3.63) is 6.20 Å². The van der Waals surface area contributed by atoms with E-state index >= 15 is 0 Å². The Balaban J connectivity index is 2.39. The minimum Gasteiger partial charge on any atom is -0.381 e. The molecule has 0 radical (unpaired) electrons. The van der Waals surface area contributed by atoms with Gasteiger partial charge in [-0.05, 0) is 6.92 Å². The predicted molar refractivity (Wildman–Crippen MR) is 61.8 cm³/mol. The molecule has 0 aromatic carbocycles. The van der Waals surface area contributed by atoms with Crippen molar-refractivity contribution >= 4 is 15.8 Å². The first-order chi connectivity index (χ1) is 7.93. The first kappa shape index (κ1) is 12.3. The Morgan fingerprint density at radius 3 is 2.82 bits per heavy atom. The van der Waals surface area contributed by atoms with Gasteiger partial charge in [-0.25, -0.2) is 8.42 Å². The highest BCUT2D eigenvalue weighted by molar-refractivity contribution is 7.89. The highest BCUT2D eigenvalue weighted by Crippen LogP contribution is 2.23. The van der Waals surface area contributed by atoms with E-state index in [4.69, 9.17) is 10.5 Å². The van der Waals surface area contributed by atoms with Gasteiger partial charge in [-0.2, -0.15) is 9.40 Å². The van der Waals surface area contributed by atoms with E-state index in [2.05, 4.69) is 5.10 Å². The summed E-state index contributed by atoms with van der Waals surface area (Å²) in [6, 6.07) is -0.187. The van der Waals surface area contributed by atoms with Crippen molar-refractivity contribution in [3.8, 4) is 0 Å². The minimum absolute atomic E-state index is 0.0335.